The van der Waals surface area contributed by atoms with E-state index in [0.29, 0.717) is 19.0 Å². The lowest BCUT2D eigenvalue weighted by Crippen LogP contribution is -2.26. The van der Waals surface area contributed by atoms with Crippen molar-refractivity contribution in [3.63, 3.8) is 0 Å². The number of hydrogen-bond acceptors (Lipinski definition) is 5. The smallest absolute Gasteiger partial charge is 0.387 e. The van der Waals surface area contributed by atoms with Crippen molar-refractivity contribution in [1.29, 1.82) is 0 Å². The van der Waals surface area contributed by atoms with E-state index >= 15 is 0 Å². The number of hydrogen-bond donors (Lipinski definition) is 1. The molecule has 0 amide bonds. The molecular formula is C13H18F2N2O3. The zero-order chi connectivity index (χ0) is 14.4. The van der Waals surface area contributed by atoms with Crippen LogP contribution in [0.25, 0.3) is 0 Å². The molecule has 2 heterocycles. The van der Waals surface area contributed by atoms with Crippen molar-refractivity contribution >= 4 is 5.82 Å². The van der Waals surface area contributed by atoms with E-state index in [0.717, 1.165) is 13.0 Å². The molecule has 5 nitrogen and oxygen atoms in total. The maximum Gasteiger partial charge on any atom is 0.387 e. The van der Waals surface area contributed by atoms with Gasteiger partial charge in [-0.25, -0.2) is 4.98 Å². The average molecular weight is 288 g/mol. The van der Waals surface area contributed by atoms with Gasteiger partial charge in [-0.3, -0.25) is 0 Å². The fourth-order valence-corrected chi connectivity index (χ4v) is 1.86. The van der Waals surface area contributed by atoms with Crippen LogP contribution in [-0.4, -0.2) is 43.6 Å². The van der Waals surface area contributed by atoms with Gasteiger partial charge in [0.25, 0.3) is 0 Å². The first kappa shape index (κ1) is 14.9. The van der Waals surface area contributed by atoms with Crippen molar-refractivity contribution in [2.24, 2.45) is 0 Å². The van der Waals surface area contributed by atoms with Crippen LogP contribution in [0, 0.1) is 0 Å². The van der Waals surface area contributed by atoms with Gasteiger partial charge in [-0.2, -0.15) is 8.78 Å². The summed E-state index contributed by atoms with van der Waals surface area (Å²) in [6, 6.07) is 3.09. The van der Waals surface area contributed by atoms with Gasteiger partial charge in [-0.05, 0) is 25.5 Å². The summed E-state index contributed by atoms with van der Waals surface area (Å²) in [6.07, 6.45) is 2.34. The van der Waals surface area contributed by atoms with Crippen molar-refractivity contribution < 1.29 is 23.0 Å². The number of rotatable bonds is 7. The van der Waals surface area contributed by atoms with E-state index < -0.39 is 6.61 Å². The lowest BCUT2D eigenvalue weighted by Gasteiger charge is -2.17. The zero-order valence-electron chi connectivity index (χ0n) is 11.2. The van der Waals surface area contributed by atoms with Crippen LogP contribution in [-0.2, 0) is 9.47 Å². The SMILES string of the molecule is C[C@@H](CO[C@H]1CCOC1)Nc1ccc(OC(F)F)cn1. The summed E-state index contributed by atoms with van der Waals surface area (Å²) in [7, 11) is 0. The molecule has 20 heavy (non-hydrogen) atoms. The fourth-order valence-electron chi connectivity index (χ4n) is 1.86. The van der Waals surface area contributed by atoms with Crippen LogP contribution in [0.3, 0.4) is 0 Å². The molecular weight excluding hydrogens is 270 g/mol. The van der Waals surface area contributed by atoms with E-state index in [1.54, 1.807) is 6.07 Å². The van der Waals surface area contributed by atoms with Crippen molar-refractivity contribution in [3.05, 3.63) is 18.3 Å². The second kappa shape index (κ2) is 7.35. The Hall–Kier alpha value is -1.47. The van der Waals surface area contributed by atoms with E-state index in [1.807, 2.05) is 6.92 Å². The van der Waals surface area contributed by atoms with Gasteiger partial charge in [0.05, 0.1) is 25.5 Å². The van der Waals surface area contributed by atoms with Gasteiger partial charge in [0, 0.05) is 12.6 Å². The van der Waals surface area contributed by atoms with E-state index in [1.165, 1.54) is 12.3 Å². The largest absolute Gasteiger partial charge is 0.433 e. The third-order valence-corrected chi connectivity index (χ3v) is 2.83. The van der Waals surface area contributed by atoms with Crippen LogP contribution in [0.15, 0.2) is 18.3 Å². The maximum atomic E-state index is 12.0. The summed E-state index contributed by atoms with van der Waals surface area (Å²) in [5, 5.41) is 3.13. The molecule has 0 aromatic carbocycles. The molecule has 1 aliphatic rings. The van der Waals surface area contributed by atoms with Crippen LogP contribution >= 0.6 is 0 Å². The van der Waals surface area contributed by atoms with Crippen molar-refractivity contribution in [2.45, 2.75) is 32.1 Å². The number of ether oxygens (including phenoxy) is 3. The highest BCUT2D eigenvalue weighted by Crippen LogP contribution is 2.15. The van der Waals surface area contributed by atoms with Gasteiger partial charge in [-0.1, -0.05) is 0 Å². The molecule has 2 rings (SSSR count). The highest BCUT2D eigenvalue weighted by atomic mass is 19.3. The summed E-state index contributed by atoms with van der Waals surface area (Å²) in [4.78, 5) is 4.00. The molecule has 0 radical (unpaired) electrons. The van der Waals surface area contributed by atoms with Crippen molar-refractivity contribution in [1.82, 2.24) is 4.98 Å². The Morgan fingerprint density at radius 2 is 2.35 bits per heavy atom. The first-order valence-electron chi connectivity index (χ1n) is 6.50. The number of pyridine rings is 1. The molecule has 112 valence electrons. The molecule has 1 fully saturated rings. The average Bonchev–Trinajstić information content (AvgIpc) is 2.91. The van der Waals surface area contributed by atoms with Gasteiger partial charge < -0.3 is 19.5 Å². The monoisotopic (exact) mass is 288 g/mol. The maximum absolute atomic E-state index is 12.0. The van der Waals surface area contributed by atoms with Gasteiger partial charge in [0.1, 0.15) is 11.6 Å². The van der Waals surface area contributed by atoms with Gasteiger partial charge in [0.2, 0.25) is 0 Å². The Morgan fingerprint density at radius 3 is 2.95 bits per heavy atom. The molecule has 0 unspecified atom stereocenters. The molecule has 1 aliphatic heterocycles. The third-order valence-electron chi connectivity index (χ3n) is 2.83. The normalized spacial score (nSPS) is 20.1. The minimum absolute atomic E-state index is 0.0394. The topological polar surface area (TPSA) is 52.6 Å². The minimum atomic E-state index is -2.84. The Balaban J connectivity index is 1.74. The lowest BCUT2D eigenvalue weighted by atomic mass is 10.3. The first-order chi connectivity index (χ1) is 9.63. The predicted molar refractivity (Wildman–Crippen MR) is 69.1 cm³/mol. The highest BCUT2D eigenvalue weighted by molar-refractivity contribution is 5.38. The molecule has 0 bridgehead atoms. The van der Waals surface area contributed by atoms with Crippen LogP contribution in [0.5, 0.6) is 5.75 Å². The highest BCUT2D eigenvalue weighted by Gasteiger charge is 2.17. The Kier molecular flexibility index (Phi) is 5.49. The molecule has 2 atom stereocenters. The quantitative estimate of drug-likeness (QED) is 0.834. The summed E-state index contributed by atoms with van der Waals surface area (Å²) in [5.41, 5.74) is 0. The van der Waals surface area contributed by atoms with E-state index in [4.69, 9.17) is 9.47 Å². The Labute approximate surface area is 116 Å². The molecule has 0 spiro atoms. The second-order valence-electron chi connectivity index (χ2n) is 4.62. The molecule has 1 aromatic heterocycles. The number of nitrogens with zero attached hydrogens (tertiary/aromatic N) is 1. The molecule has 0 saturated carbocycles. The third kappa shape index (κ3) is 4.90. The number of alkyl halides is 2. The number of anilines is 1. The number of nitrogens with one attached hydrogen (secondary N) is 1. The molecule has 1 aromatic rings. The summed E-state index contributed by atoms with van der Waals surface area (Å²) in [6.45, 7) is 1.05. The number of aromatic nitrogens is 1. The number of halogens is 2. The van der Waals surface area contributed by atoms with E-state index in [2.05, 4.69) is 15.0 Å². The summed E-state index contributed by atoms with van der Waals surface area (Å²) < 4.78 is 39.1. The fraction of sp³-hybridized carbons (Fsp3) is 0.615. The lowest BCUT2D eigenvalue weighted by molar-refractivity contribution is -0.0500. The van der Waals surface area contributed by atoms with Gasteiger partial charge >= 0.3 is 6.61 Å². The van der Waals surface area contributed by atoms with Crippen LogP contribution in [0.2, 0.25) is 0 Å². The standard InChI is InChI=1S/C13H18F2N2O3/c1-9(7-19-11-4-5-18-8-11)17-12-3-2-10(6-16-12)20-13(14)15/h2-3,6,9,11,13H,4-5,7-8H2,1H3,(H,16,17)/t9-,11-/m0/s1. The molecule has 0 aliphatic carbocycles. The zero-order valence-corrected chi connectivity index (χ0v) is 11.2. The van der Waals surface area contributed by atoms with Crippen LogP contribution in [0.1, 0.15) is 13.3 Å². The van der Waals surface area contributed by atoms with Crippen LogP contribution in [0.4, 0.5) is 14.6 Å². The van der Waals surface area contributed by atoms with Crippen LogP contribution < -0.4 is 10.1 Å². The van der Waals surface area contributed by atoms with Gasteiger partial charge in [-0.15, -0.1) is 0 Å². The summed E-state index contributed by atoms with van der Waals surface area (Å²) >= 11 is 0. The second-order valence-corrected chi connectivity index (χ2v) is 4.62. The molecule has 1 saturated heterocycles. The Bertz CT molecular complexity index is 397. The Morgan fingerprint density at radius 1 is 1.50 bits per heavy atom. The summed E-state index contributed by atoms with van der Waals surface area (Å²) in [5.74, 6) is 0.628. The van der Waals surface area contributed by atoms with Crippen molar-refractivity contribution in [3.8, 4) is 5.75 Å². The first-order valence-corrected chi connectivity index (χ1v) is 6.50. The van der Waals surface area contributed by atoms with Gasteiger partial charge in [0.15, 0.2) is 0 Å². The molecule has 1 N–H and O–H groups in total. The van der Waals surface area contributed by atoms with E-state index in [-0.39, 0.29) is 17.9 Å². The predicted octanol–water partition coefficient (Wildman–Crippen LogP) is 2.29. The van der Waals surface area contributed by atoms with E-state index in [9.17, 15) is 8.78 Å². The van der Waals surface area contributed by atoms with Crippen molar-refractivity contribution in [2.75, 3.05) is 25.1 Å². The minimum Gasteiger partial charge on any atom is -0.433 e. The molecule has 7 heteroatoms.